The average molecular weight is 374 g/mol. The van der Waals surface area contributed by atoms with E-state index in [-0.39, 0.29) is 0 Å². The minimum absolute atomic E-state index is 0.832. The maximum Gasteiger partial charge on any atom is 0.127 e. The Morgan fingerprint density at radius 1 is 0.931 bits per heavy atom. The Balaban J connectivity index is 1.59. The van der Waals surface area contributed by atoms with Crippen LogP contribution in [0.25, 0.3) is 28.1 Å². The lowest BCUT2D eigenvalue weighted by Crippen LogP contribution is -2.06. The summed E-state index contributed by atoms with van der Waals surface area (Å²) in [5.41, 5.74) is 6.48. The van der Waals surface area contributed by atoms with Gasteiger partial charge in [0.15, 0.2) is 0 Å². The largest absolute Gasteiger partial charge is 0.370 e. The van der Waals surface area contributed by atoms with Crippen molar-refractivity contribution in [2.24, 2.45) is 0 Å². The normalized spacial score (nSPS) is 10.4. The zero-order valence-electron chi connectivity index (χ0n) is 16.2. The summed E-state index contributed by atoms with van der Waals surface area (Å²) < 4.78 is 0. The number of benzene rings is 3. The molecule has 0 saturated heterocycles. The molecule has 29 heavy (non-hydrogen) atoms. The highest BCUT2D eigenvalue weighted by Crippen LogP contribution is 2.28. The van der Waals surface area contributed by atoms with E-state index in [2.05, 4.69) is 78.5 Å². The van der Waals surface area contributed by atoms with Crippen molar-refractivity contribution in [1.82, 2.24) is 4.98 Å². The Bertz CT molecular complexity index is 1180. The zero-order chi connectivity index (χ0) is 20.1. The molecule has 1 heterocycles. The number of nitrogens with one attached hydrogen (secondary N) is 1. The number of rotatable bonds is 6. The predicted molar refractivity (Wildman–Crippen MR) is 124 cm³/mol. The van der Waals surface area contributed by atoms with Gasteiger partial charge in [-0.15, -0.1) is 6.42 Å². The van der Waals surface area contributed by atoms with Crippen molar-refractivity contribution >= 4 is 22.8 Å². The van der Waals surface area contributed by atoms with Gasteiger partial charge in [0.2, 0.25) is 0 Å². The highest BCUT2D eigenvalue weighted by molar-refractivity contribution is 5.92. The topological polar surface area (TPSA) is 24.9 Å². The highest BCUT2D eigenvalue weighted by atomic mass is 15.0. The van der Waals surface area contributed by atoms with Gasteiger partial charge in [0, 0.05) is 17.5 Å². The molecule has 0 unspecified atom stereocenters. The SMILES string of the molecule is C#Cc1ccc(-c2ccc3nc(NCCc4ccccc4)cc(C=C)c3c2)cc1. The fraction of sp³-hybridized carbons (Fsp3) is 0.0741. The Morgan fingerprint density at radius 2 is 1.69 bits per heavy atom. The van der Waals surface area contributed by atoms with Crippen LogP contribution in [0.15, 0.2) is 85.4 Å². The molecule has 2 nitrogen and oxygen atoms in total. The van der Waals surface area contributed by atoms with Crippen LogP contribution in [0.2, 0.25) is 0 Å². The van der Waals surface area contributed by atoms with Crippen molar-refractivity contribution in [1.29, 1.82) is 0 Å². The number of hydrogen-bond donors (Lipinski definition) is 1. The molecule has 0 radical (unpaired) electrons. The van der Waals surface area contributed by atoms with Crippen LogP contribution in [-0.2, 0) is 6.42 Å². The first-order valence-electron chi connectivity index (χ1n) is 9.69. The monoisotopic (exact) mass is 374 g/mol. The summed E-state index contributed by atoms with van der Waals surface area (Å²) >= 11 is 0. The van der Waals surface area contributed by atoms with Gasteiger partial charge in [-0.05, 0) is 59.0 Å². The number of fused-ring (bicyclic) bond motifs is 1. The van der Waals surface area contributed by atoms with Crippen LogP contribution in [0.1, 0.15) is 16.7 Å². The lowest BCUT2D eigenvalue weighted by atomic mass is 10.00. The van der Waals surface area contributed by atoms with Gasteiger partial charge in [0.25, 0.3) is 0 Å². The van der Waals surface area contributed by atoms with Crippen molar-refractivity contribution in [3.05, 3.63) is 102 Å². The lowest BCUT2D eigenvalue weighted by molar-refractivity contribution is 1.01. The first-order valence-corrected chi connectivity index (χ1v) is 9.69. The summed E-state index contributed by atoms with van der Waals surface area (Å²) in [5, 5.41) is 4.53. The van der Waals surface area contributed by atoms with Gasteiger partial charge >= 0.3 is 0 Å². The maximum atomic E-state index is 5.46. The summed E-state index contributed by atoms with van der Waals surface area (Å²) in [6.07, 6.45) is 8.30. The number of nitrogens with zero attached hydrogens (tertiary/aromatic N) is 1. The third-order valence-electron chi connectivity index (χ3n) is 5.01. The number of anilines is 1. The molecule has 0 bridgehead atoms. The van der Waals surface area contributed by atoms with E-state index in [0.717, 1.165) is 51.9 Å². The number of pyridine rings is 1. The van der Waals surface area contributed by atoms with Gasteiger partial charge in [-0.3, -0.25) is 0 Å². The van der Waals surface area contributed by atoms with Crippen LogP contribution >= 0.6 is 0 Å². The van der Waals surface area contributed by atoms with Crippen molar-refractivity contribution in [3.8, 4) is 23.5 Å². The molecule has 0 saturated carbocycles. The lowest BCUT2D eigenvalue weighted by Gasteiger charge is -2.11. The van der Waals surface area contributed by atoms with Crippen LogP contribution in [0.5, 0.6) is 0 Å². The molecule has 1 N–H and O–H groups in total. The molecule has 0 aliphatic heterocycles. The maximum absolute atomic E-state index is 5.46. The first kappa shape index (κ1) is 18.5. The second-order valence-corrected chi connectivity index (χ2v) is 6.92. The van der Waals surface area contributed by atoms with Crippen molar-refractivity contribution in [2.75, 3.05) is 11.9 Å². The summed E-state index contributed by atoms with van der Waals surface area (Å²) in [6, 6.07) is 26.9. The van der Waals surface area contributed by atoms with Crippen molar-refractivity contribution < 1.29 is 0 Å². The van der Waals surface area contributed by atoms with E-state index in [4.69, 9.17) is 11.4 Å². The first-order chi connectivity index (χ1) is 14.3. The smallest absolute Gasteiger partial charge is 0.127 e. The van der Waals surface area contributed by atoms with Gasteiger partial charge in [-0.2, -0.15) is 0 Å². The predicted octanol–water partition coefficient (Wildman–Crippen LogP) is 6.18. The third kappa shape index (κ3) is 4.20. The quantitative estimate of drug-likeness (QED) is 0.408. The van der Waals surface area contributed by atoms with Crippen molar-refractivity contribution in [2.45, 2.75) is 6.42 Å². The van der Waals surface area contributed by atoms with E-state index in [1.54, 1.807) is 0 Å². The molecule has 3 aromatic carbocycles. The van der Waals surface area contributed by atoms with E-state index in [1.165, 1.54) is 5.56 Å². The molecule has 0 aliphatic carbocycles. The van der Waals surface area contributed by atoms with Crippen LogP contribution in [0, 0.1) is 12.3 Å². The second-order valence-electron chi connectivity index (χ2n) is 6.92. The van der Waals surface area contributed by atoms with E-state index in [0.29, 0.717) is 0 Å². The van der Waals surface area contributed by atoms with Crippen molar-refractivity contribution in [3.63, 3.8) is 0 Å². The molecule has 0 fully saturated rings. The summed E-state index contributed by atoms with van der Waals surface area (Å²) in [7, 11) is 0. The molecular formula is C27H22N2. The fourth-order valence-corrected chi connectivity index (χ4v) is 3.43. The molecule has 4 rings (SSSR count). The Hall–Kier alpha value is -3.83. The summed E-state index contributed by atoms with van der Waals surface area (Å²) in [4.78, 5) is 4.79. The molecule has 1 aromatic heterocycles. The molecule has 0 spiro atoms. The van der Waals surface area contributed by atoms with E-state index < -0.39 is 0 Å². The number of hydrogen-bond acceptors (Lipinski definition) is 2. The summed E-state index contributed by atoms with van der Waals surface area (Å²) in [5.74, 6) is 3.53. The molecule has 4 aromatic rings. The Morgan fingerprint density at radius 3 is 2.41 bits per heavy atom. The number of terminal acetylenes is 1. The van der Waals surface area contributed by atoms with Gasteiger partial charge < -0.3 is 5.32 Å². The van der Waals surface area contributed by atoms with Crippen LogP contribution in [0.3, 0.4) is 0 Å². The van der Waals surface area contributed by atoms with Gasteiger partial charge in [0.1, 0.15) is 5.82 Å². The van der Waals surface area contributed by atoms with E-state index in [9.17, 15) is 0 Å². The fourth-order valence-electron chi connectivity index (χ4n) is 3.43. The van der Waals surface area contributed by atoms with E-state index in [1.807, 2.05) is 24.3 Å². The third-order valence-corrected chi connectivity index (χ3v) is 5.01. The van der Waals surface area contributed by atoms with Crippen LogP contribution in [0.4, 0.5) is 5.82 Å². The molecule has 0 atom stereocenters. The Kier molecular flexibility index (Phi) is 5.40. The zero-order valence-corrected chi connectivity index (χ0v) is 16.2. The molecule has 2 heteroatoms. The highest BCUT2D eigenvalue weighted by Gasteiger charge is 2.07. The van der Waals surface area contributed by atoms with E-state index >= 15 is 0 Å². The number of aromatic nitrogens is 1. The average Bonchev–Trinajstić information content (AvgIpc) is 2.79. The molecule has 140 valence electrons. The minimum atomic E-state index is 0.832. The molecule has 0 amide bonds. The summed E-state index contributed by atoms with van der Waals surface area (Å²) in [6.45, 7) is 4.83. The minimum Gasteiger partial charge on any atom is -0.370 e. The standard InChI is InChI=1S/C27H22N2/c1-3-20-10-12-23(13-11-20)24-14-15-26-25(18-24)22(4-2)19-27(29-26)28-17-16-21-8-6-5-7-9-21/h1,4-15,18-19H,2,16-17H2,(H,28,29). The van der Waals surface area contributed by atoms with Gasteiger partial charge in [0.05, 0.1) is 5.52 Å². The second kappa shape index (κ2) is 8.46. The van der Waals surface area contributed by atoms with Gasteiger partial charge in [-0.1, -0.05) is 67.1 Å². The van der Waals surface area contributed by atoms with Gasteiger partial charge in [-0.25, -0.2) is 4.98 Å². The van der Waals surface area contributed by atoms with Crippen LogP contribution in [-0.4, -0.2) is 11.5 Å². The molecule has 0 aliphatic rings. The Labute approximate surface area is 171 Å². The van der Waals surface area contributed by atoms with Crippen LogP contribution < -0.4 is 5.32 Å². The molecular weight excluding hydrogens is 352 g/mol.